The molecule has 1 N–H and O–H groups in total. The molecule has 0 aliphatic rings. The fraction of sp³-hybridized carbons (Fsp3) is 0.429. The van der Waals surface area contributed by atoms with E-state index in [4.69, 9.17) is 0 Å². The second kappa shape index (κ2) is 5.13. The molecule has 1 rings (SSSR count). The molecule has 0 saturated carbocycles. The largest absolute Gasteiger partial charge is 0.312 e. The van der Waals surface area contributed by atoms with Gasteiger partial charge in [-0.3, -0.25) is 4.79 Å². The number of sulfone groups is 1. The summed E-state index contributed by atoms with van der Waals surface area (Å²) < 4.78 is 22.1. The number of hydrogen-bond acceptors (Lipinski definition) is 5. The number of aromatic nitrogens is 2. The van der Waals surface area contributed by atoms with Crippen LogP contribution < -0.4 is 5.56 Å². The second-order valence-electron chi connectivity index (χ2n) is 2.83. The molecule has 0 fully saturated rings. The molecule has 84 valence electrons. The van der Waals surface area contributed by atoms with Crippen molar-refractivity contribution in [2.24, 2.45) is 0 Å². The van der Waals surface area contributed by atoms with Gasteiger partial charge in [-0.15, -0.1) is 11.8 Å². The highest BCUT2D eigenvalue weighted by molar-refractivity contribution is 9.10. The summed E-state index contributed by atoms with van der Waals surface area (Å²) in [5, 5.41) is 0.502. The zero-order valence-corrected chi connectivity index (χ0v) is 11.1. The Kier molecular flexibility index (Phi) is 4.35. The summed E-state index contributed by atoms with van der Waals surface area (Å²) in [7, 11) is -2.97. The van der Waals surface area contributed by atoms with E-state index in [2.05, 4.69) is 25.9 Å². The van der Waals surface area contributed by atoms with Crippen molar-refractivity contribution >= 4 is 37.5 Å². The van der Waals surface area contributed by atoms with Gasteiger partial charge in [0.2, 0.25) is 0 Å². The number of hydrogen-bond donors (Lipinski definition) is 1. The van der Waals surface area contributed by atoms with Gasteiger partial charge in [-0.25, -0.2) is 13.4 Å². The number of nitrogens with zero attached hydrogens (tertiary/aromatic N) is 1. The minimum absolute atomic E-state index is 0.0680. The molecule has 0 unspecified atom stereocenters. The van der Waals surface area contributed by atoms with E-state index < -0.39 is 9.84 Å². The summed E-state index contributed by atoms with van der Waals surface area (Å²) >= 11 is 4.32. The molecule has 0 aliphatic carbocycles. The molecule has 15 heavy (non-hydrogen) atoms. The van der Waals surface area contributed by atoms with Crippen LogP contribution in [0.4, 0.5) is 0 Å². The first-order valence-corrected chi connectivity index (χ1v) is 7.78. The number of nitrogens with one attached hydrogen (secondary N) is 1. The van der Waals surface area contributed by atoms with Gasteiger partial charge in [0.15, 0.2) is 0 Å². The Hall–Kier alpha value is -0.340. The van der Waals surface area contributed by atoms with E-state index in [1.165, 1.54) is 24.3 Å². The Morgan fingerprint density at radius 3 is 2.87 bits per heavy atom. The van der Waals surface area contributed by atoms with E-state index in [-0.39, 0.29) is 11.3 Å². The molecule has 0 radical (unpaired) electrons. The number of rotatable bonds is 4. The standard InChI is InChI=1S/C7H9BrN2O3S2/c1-15(12,13)3-2-14-7-5(8)6(11)9-4-10-7/h4H,2-3H2,1H3,(H,9,10,11). The molecule has 1 heterocycles. The van der Waals surface area contributed by atoms with E-state index >= 15 is 0 Å². The summed E-state index contributed by atoms with van der Waals surface area (Å²) in [6.07, 6.45) is 2.46. The lowest BCUT2D eigenvalue weighted by molar-refractivity contribution is 0.603. The van der Waals surface area contributed by atoms with Crippen molar-refractivity contribution in [2.75, 3.05) is 17.8 Å². The molecular weight excluding hydrogens is 304 g/mol. The van der Waals surface area contributed by atoms with Gasteiger partial charge in [-0.1, -0.05) is 0 Å². The zero-order valence-electron chi connectivity index (χ0n) is 7.86. The summed E-state index contributed by atoms with van der Waals surface area (Å²) in [6.45, 7) is 0. The normalized spacial score (nSPS) is 11.6. The third kappa shape index (κ3) is 4.35. The summed E-state index contributed by atoms with van der Waals surface area (Å²) in [6, 6.07) is 0. The third-order valence-corrected chi connectivity index (χ3v) is 4.65. The van der Waals surface area contributed by atoms with Gasteiger partial charge in [-0.05, 0) is 15.9 Å². The van der Waals surface area contributed by atoms with Gasteiger partial charge >= 0.3 is 0 Å². The first-order valence-electron chi connectivity index (χ1n) is 3.94. The predicted octanol–water partition coefficient (Wildman–Crippen LogP) is 0.669. The molecule has 0 aromatic carbocycles. The van der Waals surface area contributed by atoms with Gasteiger partial charge in [0.1, 0.15) is 19.3 Å². The lowest BCUT2D eigenvalue weighted by atomic mass is 10.7. The highest BCUT2D eigenvalue weighted by Crippen LogP contribution is 2.21. The molecule has 1 aromatic heterocycles. The van der Waals surface area contributed by atoms with Gasteiger partial charge in [0.05, 0.1) is 12.1 Å². The molecule has 0 aliphatic heterocycles. The number of halogens is 1. The molecular formula is C7H9BrN2O3S2. The van der Waals surface area contributed by atoms with E-state index in [0.717, 1.165) is 0 Å². The van der Waals surface area contributed by atoms with Gasteiger partial charge < -0.3 is 4.98 Å². The third-order valence-electron chi connectivity index (χ3n) is 1.46. The molecule has 0 saturated heterocycles. The van der Waals surface area contributed by atoms with Crippen LogP contribution in [-0.4, -0.2) is 36.1 Å². The van der Waals surface area contributed by atoms with Gasteiger partial charge in [0, 0.05) is 12.0 Å². The van der Waals surface area contributed by atoms with Crippen LogP contribution in [0.3, 0.4) is 0 Å². The van der Waals surface area contributed by atoms with Gasteiger partial charge in [0.25, 0.3) is 5.56 Å². The Morgan fingerprint density at radius 1 is 1.60 bits per heavy atom. The highest BCUT2D eigenvalue weighted by atomic mass is 79.9. The maximum absolute atomic E-state index is 11.1. The van der Waals surface area contributed by atoms with E-state index in [9.17, 15) is 13.2 Å². The van der Waals surface area contributed by atoms with Crippen LogP contribution in [0, 0.1) is 0 Å². The van der Waals surface area contributed by atoms with Crippen LogP contribution in [0.1, 0.15) is 0 Å². The zero-order chi connectivity index (χ0) is 11.5. The molecule has 0 atom stereocenters. The lowest BCUT2D eigenvalue weighted by Gasteiger charge is -2.00. The Labute approximate surface area is 99.7 Å². The minimum atomic E-state index is -2.97. The topological polar surface area (TPSA) is 79.9 Å². The molecule has 0 spiro atoms. The highest BCUT2D eigenvalue weighted by Gasteiger charge is 2.08. The van der Waals surface area contributed by atoms with Crippen LogP contribution >= 0.6 is 27.7 Å². The van der Waals surface area contributed by atoms with Crippen molar-refractivity contribution in [1.82, 2.24) is 9.97 Å². The molecule has 0 amide bonds. The summed E-state index contributed by atoms with van der Waals surface area (Å²) in [4.78, 5) is 17.5. The summed E-state index contributed by atoms with van der Waals surface area (Å²) in [5.41, 5.74) is -0.271. The van der Waals surface area contributed by atoms with Crippen molar-refractivity contribution in [3.05, 3.63) is 21.2 Å². The average Bonchev–Trinajstić information content (AvgIpc) is 2.10. The number of aromatic amines is 1. The molecule has 1 aromatic rings. The van der Waals surface area contributed by atoms with Crippen molar-refractivity contribution in [3.63, 3.8) is 0 Å². The fourth-order valence-corrected chi connectivity index (χ4v) is 3.40. The van der Waals surface area contributed by atoms with Crippen LogP contribution in [0.25, 0.3) is 0 Å². The average molecular weight is 313 g/mol. The first-order chi connectivity index (χ1) is 6.90. The number of H-pyrrole nitrogens is 1. The Balaban J connectivity index is 2.67. The van der Waals surface area contributed by atoms with Crippen molar-refractivity contribution in [1.29, 1.82) is 0 Å². The molecule has 5 nitrogen and oxygen atoms in total. The van der Waals surface area contributed by atoms with Crippen molar-refractivity contribution in [2.45, 2.75) is 5.03 Å². The Bertz CT molecular complexity index is 497. The fourth-order valence-electron chi connectivity index (χ4n) is 0.757. The van der Waals surface area contributed by atoms with Crippen LogP contribution in [0.15, 0.2) is 20.6 Å². The van der Waals surface area contributed by atoms with Crippen LogP contribution in [-0.2, 0) is 9.84 Å². The quantitative estimate of drug-likeness (QED) is 0.653. The lowest BCUT2D eigenvalue weighted by Crippen LogP contribution is -2.09. The SMILES string of the molecule is CS(=O)(=O)CCSc1nc[nH]c(=O)c1Br. The van der Waals surface area contributed by atoms with E-state index in [1.807, 2.05) is 0 Å². The van der Waals surface area contributed by atoms with E-state index in [0.29, 0.717) is 15.3 Å². The maximum Gasteiger partial charge on any atom is 0.266 e. The maximum atomic E-state index is 11.1. The predicted molar refractivity (Wildman–Crippen MR) is 63.0 cm³/mol. The molecule has 8 heteroatoms. The van der Waals surface area contributed by atoms with Crippen LogP contribution in [0.5, 0.6) is 0 Å². The van der Waals surface area contributed by atoms with E-state index in [1.54, 1.807) is 0 Å². The van der Waals surface area contributed by atoms with Crippen molar-refractivity contribution in [3.8, 4) is 0 Å². The monoisotopic (exact) mass is 312 g/mol. The van der Waals surface area contributed by atoms with Gasteiger partial charge in [-0.2, -0.15) is 0 Å². The van der Waals surface area contributed by atoms with Crippen molar-refractivity contribution < 1.29 is 8.42 Å². The minimum Gasteiger partial charge on any atom is -0.312 e. The first kappa shape index (κ1) is 12.7. The molecule has 0 bridgehead atoms. The summed E-state index contributed by atoms with van der Waals surface area (Å²) in [5.74, 6) is 0.451. The van der Waals surface area contributed by atoms with Crippen LogP contribution in [0.2, 0.25) is 0 Å². The Morgan fingerprint density at radius 2 is 2.27 bits per heavy atom. The number of thioether (sulfide) groups is 1. The second-order valence-corrected chi connectivity index (χ2v) is 6.97. The smallest absolute Gasteiger partial charge is 0.266 e.